The second-order valence-electron chi connectivity index (χ2n) is 7.65. The van der Waals surface area contributed by atoms with Crippen LogP contribution < -0.4 is 10.2 Å². The van der Waals surface area contributed by atoms with Gasteiger partial charge in [0.1, 0.15) is 5.82 Å². The van der Waals surface area contributed by atoms with Crippen LogP contribution in [-0.4, -0.2) is 48.5 Å². The van der Waals surface area contributed by atoms with Crippen LogP contribution in [0.1, 0.15) is 18.5 Å². The van der Waals surface area contributed by atoms with Gasteiger partial charge in [0.15, 0.2) is 0 Å². The molecule has 3 aromatic rings. The molecule has 0 radical (unpaired) electrons. The van der Waals surface area contributed by atoms with E-state index in [2.05, 4.69) is 70.7 Å². The fourth-order valence-corrected chi connectivity index (χ4v) is 3.79. The molecule has 0 aliphatic carbocycles. The van der Waals surface area contributed by atoms with Gasteiger partial charge in [-0.3, -0.25) is 4.79 Å². The van der Waals surface area contributed by atoms with Crippen molar-refractivity contribution in [1.82, 2.24) is 15.2 Å². The first kappa shape index (κ1) is 20.1. The number of hydrogen-bond acceptors (Lipinski definition) is 4. The van der Waals surface area contributed by atoms with E-state index in [1.807, 2.05) is 35.4 Å². The van der Waals surface area contributed by atoms with Crippen LogP contribution in [0.4, 0.5) is 5.82 Å². The van der Waals surface area contributed by atoms with Crippen molar-refractivity contribution in [1.29, 1.82) is 0 Å². The molecule has 0 bridgehead atoms. The lowest BCUT2D eigenvalue weighted by Crippen LogP contribution is -2.51. The number of pyridine rings is 1. The molecule has 1 aromatic heterocycles. The van der Waals surface area contributed by atoms with E-state index >= 15 is 0 Å². The molecule has 5 nitrogen and oxygen atoms in total. The Balaban J connectivity index is 1.26. The molecular formula is C25H28N4O. The number of anilines is 1. The second kappa shape index (κ2) is 9.55. The first-order valence-electron chi connectivity index (χ1n) is 10.5. The van der Waals surface area contributed by atoms with Gasteiger partial charge in [-0.15, -0.1) is 0 Å². The SMILES string of the molecule is C[C@@H](NCC(=O)N1CCN(c2ccccn2)CC1)c1ccc(-c2ccccc2)cc1. The van der Waals surface area contributed by atoms with Crippen molar-refractivity contribution in [2.45, 2.75) is 13.0 Å². The number of aromatic nitrogens is 1. The molecule has 154 valence electrons. The van der Waals surface area contributed by atoms with E-state index in [0.29, 0.717) is 6.54 Å². The molecule has 1 N–H and O–H groups in total. The largest absolute Gasteiger partial charge is 0.353 e. The fraction of sp³-hybridized carbons (Fsp3) is 0.280. The highest BCUT2D eigenvalue weighted by Crippen LogP contribution is 2.21. The normalized spacial score (nSPS) is 15.1. The van der Waals surface area contributed by atoms with Crippen molar-refractivity contribution in [3.8, 4) is 11.1 Å². The van der Waals surface area contributed by atoms with Crippen LogP contribution in [0.2, 0.25) is 0 Å². The second-order valence-corrected chi connectivity index (χ2v) is 7.65. The number of piperazine rings is 1. The highest BCUT2D eigenvalue weighted by atomic mass is 16.2. The molecule has 1 aliphatic rings. The zero-order valence-corrected chi connectivity index (χ0v) is 17.4. The van der Waals surface area contributed by atoms with Gasteiger partial charge < -0.3 is 15.1 Å². The Hall–Kier alpha value is -3.18. The predicted molar refractivity (Wildman–Crippen MR) is 121 cm³/mol. The summed E-state index contributed by atoms with van der Waals surface area (Å²) in [6.45, 7) is 5.56. The molecule has 0 unspecified atom stereocenters. The van der Waals surface area contributed by atoms with Gasteiger partial charge >= 0.3 is 0 Å². The maximum atomic E-state index is 12.6. The van der Waals surface area contributed by atoms with E-state index in [1.165, 1.54) is 16.7 Å². The van der Waals surface area contributed by atoms with Gasteiger partial charge in [-0.05, 0) is 35.7 Å². The van der Waals surface area contributed by atoms with Crippen molar-refractivity contribution in [3.05, 3.63) is 84.6 Å². The molecule has 1 fully saturated rings. The van der Waals surface area contributed by atoms with Gasteiger partial charge in [-0.1, -0.05) is 60.7 Å². The zero-order valence-electron chi connectivity index (χ0n) is 17.4. The Bertz CT molecular complexity index is 936. The van der Waals surface area contributed by atoms with E-state index in [1.54, 1.807) is 0 Å². The van der Waals surface area contributed by atoms with E-state index in [0.717, 1.165) is 32.0 Å². The molecule has 2 aromatic carbocycles. The van der Waals surface area contributed by atoms with Crippen LogP contribution >= 0.6 is 0 Å². The van der Waals surface area contributed by atoms with Crippen LogP contribution in [0, 0.1) is 0 Å². The van der Waals surface area contributed by atoms with Crippen molar-refractivity contribution in [3.63, 3.8) is 0 Å². The van der Waals surface area contributed by atoms with E-state index in [-0.39, 0.29) is 11.9 Å². The molecule has 4 rings (SSSR count). The standard InChI is InChI=1S/C25H28N4O/c1-20(21-10-12-23(13-11-21)22-7-3-2-4-8-22)27-19-25(30)29-17-15-28(16-18-29)24-9-5-6-14-26-24/h2-14,20,27H,15-19H2,1H3/t20-/m1/s1. The molecule has 30 heavy (non-hydrogen) atoms. The predicted octanol–water partition coefficient (Wildman–Crippen LogP) is 3.75. The summed E-state index contributed by atoms with van der Waals surface area (Å²) in [6, 6.07) is 25.0. The zero-order chi connectivity index (χ0) is 20.8. The van der Waals surface area contributed by atoms with Gasteiger partial charge in [0.25, 0.3) is 0 Å². The highest BCUT2D eigenvalue weighted by Gasteiger charge is 2.22. The highest BCUT2D eigenvalue weighted by molar-refractivity contribution is 5.78. The first-order chi connectivity index (χ1) is 14.7. The van der Waals surface area contributed by atoms with Crippen molar-refractivity contribution in [2.24, 2.45) is 0 Å². The maximum Gasteiger partial charge on any atom is 0.236 e. The fourth-order valence-electron chi connectivity index (χ4n) is 3.79. The number of carbonyl (C=O) groups excluding carboxylic acids is 1. The third kappa shape index (κ3) is 4.86. The Morgan fingerprint density at radius 3 is 2.23 bits per heavy atom. The van der Waals surface area contributed by atoms with E-state index in [9.17, 15) is 4.79 Å². The number of benzene rings is 2. The minimum absolute atomic E-state index is 0.119. The van der Waals surface area contributed by atoms with Crippen LogP contribution in [0.25, 0.3) is 11.1 Å². The summed E-state index contributed by atoms with van der Waals surface area (Å²) in [4.78, 5) is 21.2. The molecule has 0 spiro atoms. The summed E-state index contributed by atoms with van der Waals surface area (Å²) in [5, 5.41) is 3.38. The number of nitrogens with one attached hydrogen (secondary N) is 1. The molecular weight excluding hydrogens is 372 g/mol. The van der Waals surface area contributed by atoms with Gasteiger partial charge in [-0.25, -0.2) is 4.98 Å². The molecule has 5 heteroatoms. The van der Waals surface area contributed by atoms with Gasteiger partial charge in [0.2, 0.25) is 5.91 Å². The summed E-state index contributed by atoms with van der Waals surface area (Å²) in [6.07, 6.45) is 1.81. The molecule has 1 saturated heterocycles. The van der Waals surface area contributed by atoms with Crippen LogP contribution in [0.15, 0.2) is 79.0 Å². The first-order valence-corrected chi connectivity index (χ1v) is 10.5. The number of carbonyl (C=O) groups is 1. The summed E-state index contributed by atoms with van der Waals surface area (Å²) in [7, 11) is 0. The number of amides is 1. The van der Waals surface area contributed by atoms with Crippen molar-refractivity contribution in [2.75, 3.05) is 37.6 Å². The minimum atomic E-state index is 0.119. The summed E-state index contributed by atoms with van der Waals surface area (Å²) < 4.78 is 0. The van der Waals surface area contributed by atoms with Crippen LogP contribution in [-0.2, 0) is 4.79 Å². The molecule has 2 heterocycles. The monoisotopic (exact) mass is 400 g/mol. The third-order valence-electron chi connectivity index (χ3n) is 5.68. The summed E-state index contributed by atoms with van der Waals surface area (Å²) in [5.41, 5.74) is 3.60. The van der Waals surface area contributed by atoms with Gasteiger partial charge in [-0.2, -0.15) is 0 Å². The Labute approximate surface area is 178 Å². The third-order valence-corrected chi connectivity index (χ3v) is 5.68. The van der Waals surface area contributed by atoms with Crippen molar-refractivity contribution >= 4 is 11.7 Å². The lowest BCUT2D eigenvalue weighted by atomic mass is 10.0. The topological polar surface area (TPSA) is 48.5 Å². The van der Waals surface area contributed by atoms with E-state index < -0.39 is 0 Å². The molecule has 1 atom stereocenters. The Morgan fingerprint density at radius 2 is 1.57 bits per heavy atom. The van der Waals surface area contributed by atoms with Gasteiger partial charge in [0.05, 0.1) is 6.54 Å². The summed E-state index contributed by atoms with van der Waals surface area (Å²) in [5.74, 6) is 1.14. The lowest BCUT2D eigenvalue weighted by Gasteiger charge is -2.35. The van der Waals surface area contributed by atoms with Crippen LogP contribution in [0.3, 0.4) is 0 Å². The number of rotatable bonds is 6. The lowest BCUT2D eigenvalue weighted by molar-refractivity contribution is -0.130. The Morgan fingerprint density at radius 1 is 0.900 bits per heavy atom. The van der Waals surface area contributed by atoms with Crippen LogP contribution in [0.5, 0.6) is 0 Å². The summed E-state index contributed by atoms with van der Waals surface area (Å²) >= 11 is 0. The molecule has 0 saturated carbocycles. The maximum absolute atomic E-state index is 12.6. The smallest absolute Gasteiger partial charge is 0.236 e. The average molecular weight is 401 g/mol. The average Bonchev–Trinajstić information content (AvgIpc) is 2.83. The van der Waals surface area contributed by atoms with Crippen molar-refractivity contribution < 1.29 is 4.79 Å². The quantitative estimate of drug-likeness (QED) is 0.685. The number of hydrogen-bond donors (Lipinski definition) is 1. The molecule has 1 aliphatic heterocycles. The minimum Gasteiger partial charge on any atom is -0.353 e. The molecule has 1 amide bonds. The van der Waals surface area contributed by atoms with Gasteiger partial charge in [0, 0.05) is 38.4 Å². The Kier molecular flexibility index (Phi) is 6.40. The van der Waals surface area contributed by atoms with E-state index in [4.69, 9.17) is 0 Å². The number of nitrogens with zero attached hydrogens (tertiary/aromatic N) is 3.